The van der Waals surface area contributed by atoms with Gasteiger partial charge < -0.3 is 5.73 Å². The predicted octanol–water partition coefficient (Wildman–Crippen LogP) is 1.65. The Bertz CT molecular complexity index is 321. The summed E-state index contributed by atoms with van der Waals surface area (Å²) in [4.78, 5) is 13.8. The summed E-state index contributed by atoms with van der Waals surface area (Å²) in [6.45, 7) is 3.96. The number of aromatic nitrogens is 1. The van der Waals surface area contributed by atoms with Crippen LogP contribution in [0.25, 0.3) is 0 Å². The summed E-state index contributed by atoms with van der Waals surface area (Å²) in [5.74, 6) is 0.268. The third kappa shape index (κ3) is 2.26. The van der Waals surface area contributed by atoms with Gasteiger partial charge in [0.05, 0.1) is 10.6 Å². The minimum atomic E-state index is -0.475. The van der Waals surface area contributed by atoms with Gasteiger partial charge in [-0.1, -0.05) is 13.8 Å². The van der Waals surface area contributed by atoms with Gasteiger partial charge in [0.1, 0.15) is 6.20 Å². The van der Waals surface area contributed by atoms with E-state index < -0.39 is 4.92 Å². The molecule has 1 aromatic rings. The Morgan fingerprint density at radius 1 is 1.50 bits per heavy atom. The van der Waals surface area contributed by atoms with Crippen molar-refractivity contribution in [2.45, 2.75) is 19.9 Å². The van der Waals surface area contributed by atoms with E-state index in [2.05, 4.69) is 4.98 Å². The summed E-state index contributed by atoms with van der Waals surface area (Å²) >= 11 is 0. The highest BCUT2D eigenvalue weighted by Gasteiger charge is 2.13. The molecule has 76 valence electrons. The summed E-state index contributed by atoms with van der Waals surface area (Å²) in [5.41, 5.74) is 6.51. The minimum absolute atomic E-state index is 0.00953. The van der Waals surface area contributed by atoms with Crippen molar-refractivity contribution in [2.24, 2.45) is 11.7 Å². The third-order valence-corrected chi connectivity index (χ3v) is 2.04. The molecule has 1 heterocycles. The molecule has 0 amide bonds. The van der Waals surface area contributed by atoms with E-state index in [0.29, 0.717) is 5.69 Å². The van der Waals surface area contributed by atoms with Crippen molar-refractivity contribution in [3.63, 3.8) is 0 Å². The quantitative estimate of drug-likeness (QED) is 0.587. The lowest BCUT2D eigenvalue weighted by molar-refractivity contribution is -0.385. The van der Waals surface area contributed by atoms with E-state index in [0.717, 1.165) is 0 Å². The van der Waals surface area contributed by atoms with Crippen LogP contribution in [0.3, 0.4) is 0 Å². The van der Waals surface area contributed by atoms with Gasteiger partial charge in [-0.25, -0.2) is 0 Å². The van der Waals surface area contributed by atoms with E-state index in [9.17, 15) is 10.1 Å². The average Bonchev–Trinajstić information content (AvgIpc) is 2.16. The molecule has 1 rings (SSSR count). The molecule has 2 N–H and O–H groups in total. The van der Waals surface area contributed by atoms with Crippen molar-refractivity contribution >= 4 is 5.69 Å². The number of hydrogen-bond acceptors (Lipinski definition) is 4. The Morgan fingerprint density at radius 2 is 2.14 bits per heavy atom. The molecule has 0 fully saturated rings. The zero-order valence-electron chi connectivity index (χ0n) is 8.18. The number of nitrogens with zero attached hydrogens (tertiary/aromatic N) is 2. The Balaban J connectivity index is 2.88. The van der Waals surface area contributed by atoms with Gasteiger partial charge in [-0.2, -0.15) is 0 Å². The van der Waals surface area contributed by atoms with E-state index >= 15 is 0 Å². The Labute approximate surface area is 82.1 Å². The molecule has 0 aliphatic rings. The predicted molar refractivity (Wildman–Crippen MR) is 52.7 cm³/mol. The Morgan fingerprint density at radius 3 is 2.50 bits per heavy atom. The molecule has 0 aromatic carbocycles. The second-order valence-electron chi connectivity index (χ2n) is 3.47. The second kappa shape index (κ2) is 4.15. The van der Waals surface area contributed by atoms with E-state index in [1.165, 1.54) is 12.3 Å². The molecule has 14 heavy (non-hydrogen) atoms. The maximum Gasteiger partial charge on any atom is 0.287 e. The van der Waals surface area contributed by atoms with Crippen molar-refractivity contribution in [3.8, 4) is 0 Å². The van der Waals surface area contributed by atoms with Crippen LogP contribution in [-0.2, 0) is 0 Å². The highest BCUT2D eigenvalue weighted by atomic mass is 16.6. The van der Waals surface area contributed by atoms with Crippen LogP contribution in [0.4, 0.5) is 5.69 Å². The van der Waals surface area contributed by atoms with Crippen molar-refractivity contribution < 1.29 is 4.92 Å². The largest absolute Gasteiger partial charge is 0.322 e. The van der Waals surface area contributed by atoms with Crippen molar-refractivity contribution in [1.29, 1.82) is 0 Å². The molecule has 0 aliphatic heterocycles. The maximum absolute atomic E-state index is 10.4. The van der Waals surface area contributed by atoms with Crippen LogP contribution in [0.1, 0.15) is 25.6 Å². The van der Waals surface area contributed by atoms with Gasteiger partial charge in [0.15, 0.2) is 0 Å². The molecule has 5 nitrogen and oxygen atoms in total. The Hall–Kier alpha value is -1.49. The monoisotopic (exact) mass is 195 g/mol. The van der Waals surface area contributed by atoms with Gasteiger partial charge in [0, 0.05) is 12.1 Å². The second-order valence-corrected chi connectivity index (χ2v) is 3.47. The molecule has 0 aliphatic carbocycles. The smallest absolute Gasteiger partial charge is 0.287 e. The zero-order valence-corrected chi connectivity index (χ0v) is 8.18. The van der Waals surface area contributed by atoms with Crippen LogP contribution in [0.5, 0.6) is 0 Å². The van der Waals surface area contributed by atoms with Gasteiger partial charge >= 0.3 is 0 Å². The van der Waals surface area contributed by atoms with Gasteiger partial charge in [0.2, 0.25) is 0 Å². The van der Waals surface area contributed by atoms with Crippen LogP contribution >= 0.6 is 0 Å². The lowest BCUT2D eigenvalue weighted by atomic mass is 10.0. The lowest BCUT2D eigenvalue weighted by Crippen LogP contribution is -2.17. The van der Waals surface area contributed by atoms with E-state index in [4.69, 9.17) is 5.73 Å². The molecular weight excluding hydrogens is 182 g/mol. The molecule has 0 saturated carbocycles. The number of nitrogens with two attached hydrogens (primary N) is 1. The molecular formula is C9H13N3O2. The molecule has 5 heteroatoms. The third-order valence-electron chi connectivity index (χ3n) is 2.04. The van der Waals surface area contributed by atoms with Gasteiger partial charge in [-0.15, -0.1) is 0 Å². The van der Waals surface area contributed by atoms with Crippen molar-refractivity contribution in [3.05, 3.63) is 34.1 Å². The van der Waals surface area contributed by atoms with Gasteiger partial charge in [-0.05, 0) is 12.0 Å². The van der Waals surface area contributed by atoms with Crippen molar-refractivity contribution in [2.75, 3.05) is 0 Å². The number of nitro groups is 1. The summed E-state index contributed by atoms with van der Waals surface area (Å²) < 4.78 is 0. The molecule has 1 atom stereocenters. The molecule has 1 aromatic heterocycles. The topological polar surface area (TPSA) is 82.0 Å². The van der Waals surface area contributed by atoms with E-state index in [1.54, 1.807) is 6.07 Å². The summed E-state index contributed by atoms with van der Waals surface area (Å²) in [5, 5.41) is 10.4. The maximum atomic E-state index is 10.4. The molecule has 1 unspecified atom stereocenters. The van der Waals surface area contributed by atoms with E-state index in [-0.39, 0.29) is 17.6 Å². The molecule has 0 saturated heterocycles. The first-order valence-corrected chi connectivity index (χ1v) is 4.38. The first kappa shape index (κ1) is 10.6. The lowest BCUT2D eigenvalue weighted by Gasteiger charge is -2.13. The number of pyridine rings is 1. The van der Waals surface area contributed by atoms with Crippen LogP contribution in [0, 0.1) is 16.0 Å². The SMILES string of the molecule is CC(C)C(N)c1ccc([N+](=O)[O-])cn1. The fraction of sp³-hybridized carbons (Fsp3) is 0.444. The zero-order chi connectivity index (χ0) is 10.7. The first-order valence-electron chi connectivity index (χ1n) is 4.38. The summed E-state index contributed by atoms with van der Waals surface area (Å²) in [7, 11) is 0. The molecule has 0 bridgehead atoms. The Kier molecular flexibility index (Phi) is 3.14. The standard InChI is InChI=1S/C9H13N3O2/c1-6(2)9(10)8-4-3-7(5-11-8)12(13)14/h3-6,9H,10H2,1-2H3. The van der Waals surface area contributed by atoms with Crippen LogP contribution in [0.2, 0.25) is 0 Å². The van der Waals surface area contributed by atoms with Crippen molar-refractivity contribution in [1.82, 2.24) is 4.98 Å². The fourth-order valence-corrected chi connectivity index (χ4v) is 1.04. The summed E-state index contributed by atoms with van der Waals surface area (Å²) in [6.07, 6.45) is 1.23. The van der Waals surface area contributed by atoms with Crippen LogP contribution in [-0.4, -0.2) is 9.91 Å². The highest BCUT2D eigenvalue weighted by molar-refractivity contribution is 5.27. The number of rotatable bonds is 3. The molecule has 0 spiro atoms. The first-order chi connectivity index (χ1) is 6.52. The minimum Gasteiger partial charge on any atom is -0.322 e. The van der Waals surface area contributed by atoms with Crippen LogP contribution in [0.15, 0.2) is 18.3 Å². The molecule has 0 radical (unpaired) electrons. The normalized spacial score (nSPS) is 12.9. The van der Waals surface area contributed by atoms with E-state index in [1.807, 2.05) is 13.8 Å². The van der Waals surface area contributed by atoms with Gasteiger partial charge in [0.25, 0.3) is 5.69 Å². The van der Waals surface area contributed by atoms with Gasteiger partial charge in [-0.3, -0.25) is 15.1 Å². The highest BCUT2D eigenvalue weighted by Crippen LogP contribution is 2.18. The summed E-state index contributed by atoms with van der Waals surface area (Å²) in [6, 6.07) is 2.85. The average molecular weight is 195 g/mol. The van der Waals surface area contributed by atoms with Crippen LogP contribution < -0.4 is 5.73 Å². The fourth-order valence-electron chi connectivity index (χ4n) is 1.04. The number of hydrogen-bond donors (Lipinski definition) is 1.